The molecular formula is C25H34IN5O2. The average Bonchev–Trinajstić information content (AvgIpc) is 3.27. The van der Waals surface area contributed by atoms with Gasteiger partial charge in [0.1, 0.15) is 0 Å². The lowest BCUT2D eigenvalue weighted by molar-refractivity contribution is -0.0502. The standard InChI is InChI=1S/C25H33N5O2.HI/c1-26-24(31)21-10-6-9-19(15-21)11-12-28-25(27-2)30-17-22-23(18-30)32-14-13-29(22)16-20-7-4-3-5-8-20;/h3-10,15,22-23H,11-14,16-18H2,1-2H3,(H,26,31)(H,27,28);1H. The minimum atomic E-state index is -0.0599. The Hall–Kier alpha value is -2.17. The van der Waals surface area contributed by atoms with Crippen LogP contribution in [0.2, 0.25) is 0 Å². The van der Waals surface area contributed by atoms with Gasteiger partial charge < -0.3 is 20.3 Å². The number of carbonyl (C=O) groups excluding carboxylic acids is 1. The van der Waals surface area contributed by atoms with Crippen molar-refractivity contribution in [1.82, 2.24) is 20.4 Å². The molecule has 2 N–H and O–H groups in total. The van der Waals surface area contributed by atoms with E-state index >= 15 is 0 Å². The number of guanidine groups is 1. The van der Waals surface area contributed by atoms with Crippen LogP contribution in [0.5, 0.6) is 0 Å². The van der Waals surface area contributed by atoms with E-state index < -0.39 is 0 Å². The third kappa shape index (κ3) is 6.45. The van der Waals surface area contributed by atoms with Crippen LogP contribution in [0.4, 0.5) is 0 Å². The van der Waals surface area contributed by atoms with Crippen molar-refractivity contribution >= 4 is 35.8 Å². The summed E-state index contributed by atoms with van der Waals surface area (Å²) in [7, 11) is 3.48. The third-order valence-electron chi connectivity index (χ3n) is 6.27. The van der Waals surface area contributed by atoms with Crippen molar-refractivity contribution in [2.75, 3.05) is 46.9 Å². The number of benzene rings is 2. The zero-order valence-electron chi connectivity index (χ0n) is 19.4. The maximum atomic E-state index is 11.9. The summed E-state index contributed by atoms with van der Waals surface area (Å²) in [5, 5.41) is 6.17. The molecule has 4 rings (SSSR count). The van der Waals surface area contributed by atoms with Gasteiger partial charge in [0.15, 0.2) is 5.96 Å². The Bertz CT molecular complexity index is 939. The zero-order valence-corrected chi connectivity index (χ0v) is 21.7. The lowest BCUT2D eigenvalue weighted by Crippen LogP contribution is -2.50. The van der Waals surface area contributed by atoms with Crippen molar-refractivity contribution in [2.45, 2.75) is 25.1 Å². The molecule has 8 heteroatoms. The van der Waals surface area contributed by atoms with Gasteiger partial charge in [-0.25, -0.2) is 0 Å². The first-order valence-electron chi connectivity index (χ1n) is 11.3. The van der Waals surface area contributed by atoms with E-state index in [4.69, 9.17) is 4.74 Å². The van der Waals surface area contributed by atoms with Crippen LogP contribution in [0.1, 0.15) is 21.5 Å². The van der Waals surface area contributed by atoms with Crippen LogP contribution in [0, 0.1) is 0 Å². The van der Waals surface area contributed by atoms with Crippen molar-refractivity contribution < 1.29 is 9.53 Å². The molecule has 0 aromatic heterocycles. The molecule has 33 heavy (non-hydrogen) atoms. The number of hydrogen-bond donors (Lipinski definition) is 2. The normalized spacial score (nSPS) is 20.7. The number of likely N-dealkylation sites (tertiary alicyclic amines) is 1. The average molecular weight is 563 g/mol. The fourth-order valence-corrected chi connectivity index (χ4v) is 4.61. The summed E-state index contributed by atoms with van der Waals surface area (Å²) < 4.78 is 6.11. The molecule has 7 nitrogen and oxygen atoms in total. The lowest BCUT2D eigenvalue weighted by Gasteiger charge is -2.36. The highest BCUT2D eigenvalue weighted by Gasteiger charge is 2.41. The van der Waals surface area contributed by atoms with Gasteiger partial charge in [0.2, 0.25) is 0 Å². The molecular weight excluding hydrogens is 529 g/mol. The predicted octanol–water partition coefficient (Wildman–Crippen LogP) is 2.37. The van der Waals surface area contributed by atoms with Crippen LogP contribution >= 0.6 is 24.0 Å². The Balaban J connectivity index is 0.00000306. The molecule has 2 atom stereocenters. The minimum absolute atomic E-state index is 0. The monoisotopic (exact) mass is 563 g/mol. The Morgan fingerprint density at radius 1 is 1.12 bits per heavy atom. The van der Waals surface area contributed by atoms with Crippen molar-refractivity contribution in [2.24, 2.45) is 4.99 Å². The van der Waals surface area contributed by atoms with Gasteiger partial charge in [-0.2, -0.15) is 0 Å². The Morgan fingerprint density at radius 3 is 2.67 bits per heavy atom. The van der Waals surface area contributed by atoms with Crippen molar-refractivity contribution in [3.63, 3.8) is 0 Å². The molecule has 2 saturated heterocycles. The topological polar surface area (TPSA) is 69.2 Å². The number of ether oxygens (including phenoxy) is 1. The first-order chi connectivity index (χ1) is 15.7. The molecule has 178 valence electrons. The van der Waals surface area contributed by atoms with E-state index in [0.717, 1.165) is 57.3 Å². The molecule has 0 bridgehead atoms. The van der Waals surface area contributed by atoms with E-state index in [9.17, 15) is 4.79 Å². The van der Waals surface area contributed by atoms with Crippen LogP contribution < -0.4 is 10.6 Å². The van der Waals surface area contributed by atoms with E-state index in [-0.39, 0.29) is 36.0 Å². The second kappa shape index (κ2) is 12.3. The van der Waals surface area contributed by atoms with Gasteiger partial charge >= 0.3 is 0 Å². The molecule has 1 amide bonds. The summed E-state index contributed by atoms with van der Waals surface area (Å²) in [6.45, 7) is 5.19. The van der Waals surface area contributed by atoms with E-state index in [0.29, 0.717) is 11.6 Å². The molecule has 2 heterocycles. The summed E-state index contributed by atoms with van der Waals surface area (Å²) in [6, 6.07) is 18.8. The number of hydrogen-bond acceptors (Lipinski definition) is 4. The molecule has 2 fully saturated rings. The fraction of sp³-hybridized carbons (Fsp3) is 0.440. The van der Waals surface area contributed by atoms with Crippen LogP contribution in [0.25, 0.3) is 0 Å². The highest BCUT2D eigenvalue weighted by Crippen LogP contribution is 2.24. The maximum absolute atomic E-state index is 11.9. The number of nitrogens with one attached hydrogen (secondary N) is 2. The smallest absolute Gasteiger partial charge is 0.251 e. The quantitative estimate of drug-likeness (QED) is 0.321. The van der Waals surface area contributed by atoms with Crippen molar-refractivity contribution in [3.8, 4) is 0 Å². The SMILES string of the molecule is CN=C(NCCc1cccc(C(=O)NC)c1)N1CC2OCCN(Cc3ccccc3)C2C1.I. The van der Waals surface area contributed by atoms with Crippen LogP contribution in [0.3, 0.4) is 0 Å². The first kappa shape index (κ1) is 25.5. The van der Waals surface area contributed by atoms with Crippen LogP contribution in [-0.4, -0.2) is 80.7 Å². The van der Waals surface area contributed by atoms with E-state index in [2.05, 4.69) is 61.8 Å². The predicted molar refractivity (Wildman–Crippen MR) is 142 cm³/mol. The lowest BCUT2D eigenvalue weighted by atomic mass is 10.1. The van der Waals surface area contributed by atoms with E-state index in [1.807, 2.05) is 25.2 Å². The number of aliphatic imine (C=N–C) groups is 1. The van der Waals surface area contributed by atoms with Gasteiger partial charge in [-0.05, 0) is 29.7 Å². The summed E-state index contributed by atoms with van der Waals surface area (Å²) >= 11 is 0. The number of amides is 1. The summed E-state index contributed by atoms with van der Waals surface area (Å²) in [4.78, 5) is 21.2. The fourth-order valence-electron chi connectivity index (χ4n) is 4.61. The molecule has 2 aromatic rings. The molecule has 2 unspecified atom stereocenters. The molecule has 2 aromatic carbocycles. The van der Waals surface area contributed by atoms with Crippen LogP contribution in [0.15, 0.2) is 59.6 Å². The number of fused-ring (bicyclic) bond motifs is 1. The largest absolute Gasteiger partial charge is 0.373 e. The van der Waals surface area contributed by atoms with Crippen LogP contribution in [-0.2, 0) is 17.7 Å². The number of halogens is 1. The van der Waals surface area contributed by atoms with Crippen molar-refractivity contribution in [3.05, 3.63) is 71.3 Å². The van der Waals surface area contributed by atoms with Gasteiger partial charge in [-0.15, -0.1) is 24.0 Å². The number of nitrogens with zero attached hydrogens (tertiary/aromatic N) is 3. The van der Waals surface area contributed by atoms with Gasteiger partial charge in [0.25, 0.3) is 5.91 Å². The second-order valence-electron chi connectivity index (χ2n) is 8.34. The molecule has 2 aliphatic heterocycles. The molecule has 0 radical (unpaired) electrons. The summed E-state index contributed by atoms with van der Waals surface area (Å²) in [5.74, 6) is 0.848. The second-order valence-corrected chi connectivity index (χ2v) is 8.34. The Labute approximate surface area is 213 Å². The minimum Gasteiger partial charge on any atom is -0.373 e. The summed E-state index contributed by atoms with van der Waals surface area (Å²) in [5.41, 5.74) is 3.16. The van der Waals surface area contributed by atoms with Gasteiger partial charge in [-0.1, -0.05) is 42.5 Å². The third-order valence-corrected chi connectivity index (χ3v) is 6.27. The molecule has 0 saturated carbocycles. The molecule has 2 aliphatic rings. The number of carbonyl (C=O) groups is 1. The van der Waals surface area contributed by atoms with Gasteiger partial charge in [0.05, 0.1) is 18.8 Å². The summed E-state index contributed by atoms with van der Waals surface area (Å²) in [6.07, 6.45) is 1.02. The van der Waals surface area contributed by atoms with Gasteiger partial charge in [0, 0.05) is 52.4 Å². The van der Waals surface area contributed by atoms with E-state index in [1.54, 1.807) is 7.05 Å². The first-order valence-corrected chi connectivity index (χ1v) is 11.3. The van der Waals surface area contributed by atoms with Crippen molar-refractivity contribution in [1.29, 1.82) is 0 Å². The highest BCUT2D eigenvalue weighted by atomic mass is 127. The highest BCUT2D eigenvalue weighted by molar-refractivity contribution is 14.0. The van der Waals surface area contributed by atoms with Gasteiger partial charge in [-0.3, -0.25) is 14.7 Å². The zero-order chi connectivity index (χ0) is 22.3. The van der Waals surface area contributed by atoms with E-state index in [1.165, 1.54) is 5.56 Å². The molecule has 0 aliphatic carbocycles. The number of morpholine rings is 1. The number of rotatable bonds is 6. The molecule has 0 spiro atoms. The Morgan fingerprint density at radius 2 is 1.91 bits per heavy atom. The Kier molecular flexibility index (Phi) is 9.52. The maximum Gasteiger partial charge on any atom is 0.251 e.